The lowest BCUT2D eigenvalue weighted by Crippen LogP contribution is -2.11. The van der Waals surface area contributed by atoms with Crippen LogP contribution < -0.4 is 4.74 Å². The van der Waals surface area contributed by atoms with E-state index in [1.165, 1.54) is 31.3 Å². The van der Waals surface area contributed by atoms with Crippen LogP contribution in [0.5, 0.6) is 5.75 Å². The van der Waals surface area contributed by atoms with Crippen molar-refractivity contribution < 1.29 is 44.0 Å². The Kier molecular flexibility index (Phi) is 7.20. The highest BCUT2D eigenvalue weighted by Crippen LogP contribution is 2.40. The number of rotatable bonds is 6. The van der Waals surface area contributed by atoms with Gasteiger partial charge in [-0.15, -0.1) is 11.3 Å². The van der Waals surface area contributed by atoms with Crippen molar-refractivity contribution >= 4 is 21.5 Å². The van der Waals surface area contributed by atoms with Crippen LogP contribution >= 0.6 is 11.3 Å². The van der Waals surface area contributed by atoms with Crippen molar-refractivity contribution in [2.24, 2.45) is 0 Å². The molecule has 0 saturated heterocycles. The van der Waals surface area contributed by atoms with E-state index in [2.05, 4.69) is 15.0 Å². The molecule has 0 aliphatic rings. The van der Waals surface area contributed by atoms with Crippen molar-refractivity contribution in [1.82, 2.24) is 15.0 Å². The maximum atomic E-state index is 13.7. The summed E-state index contributed by atoms with van der Waals surface area (Å²) in [5.74, 6) is -0.965. The first-order chi connectivity index (χ1) is 17.7. The highest BCUT2D eigenvalue weighted by atomic mass is 32.3. The number of pyridine rings is 1. The number of alkyl halides is 6. The number of hydrogen-bond donors (Lipinski definition) is 1. The molecule has 38 heavy (non-hydrogen) atoms. The summed E-state index contributed by atoms with van der Waals surface area (Å²) in [6.07, 6.45) is -8.41. The highest BCUT2D eigenvalue weighted by Gasteiger charge is 2.36. The summed E-state index contributed by atoms with van der Waals surface area (Å²) >= 11 is 0.687. The molecule has 0 radical (unpaired) electrons. The summed E-state index contributed by atoms with van der Waals surface area (Å²) in [6, 6.07) is 8.39. The fourth-order valence-electron chi connectivity index (χ4n) is 3.36. The molecule has 0 saturated carbocycles. The van der Waals surface area contributed by atoms with Gasteiger partial charge in [0.05, 0.1) is 28.4 Å². The molecular weight excluding hydrogens is 560 g/mol. The SMILES string of the molecule is CCOc1cc(-c2cc(C(F)(F)F)nc(-c3ccnc(-c4ccc(S(=O)(=O)O)s4)c3)n2)ccc1C(F)(F)F. The first kappa shape index (κ1) is 27.5. The smallest absolute Gasteiger partial charge is 0.433 e. The Balaban J connectivity index is 1.84. The third-order valence-electron chi connectivity index (χ3n) is 5.01. The third kappa shape index (κ3) is 5.95. The van der Waals surface area contributed by atoms with E-state index >= 15 is 0 Å². The Labute approximate surface area is 215 Å². The van der Waals surface area contributed by atoms with Crippen LogP contribution in [0.1, 0.15) is 18.2 Å². The van der Waals surface area contributed by atoms with Crippen LogP contribution in [0.2, 0.25) is 0 Å². The summed E-state index contributed by atoms with van der Waals surface area (Å²) in [6.45, 7) is 1.35. The summed E-state index contributed by atoms with van der Waals surface area (Å²) < 4.78 is 118. The minimum absolute atomic E-state index is 0.0686. The van der Waals surface area contributed by atoms with Gasteiger partial charge in [0.25, 0.3) is 0 Å². The van der Waals surface area contributed by atoms with Gasteiger partial charge in [0, 0.05) is 17.3 Å². The molecule has 1 N–H and O–H groups in total. The lowest BCUT2D eigenvalue weighted by Gasteiger charge is -2.15. The van der Waals surface area contributed by atoms with E-state index in [9.17, 15) is 39.3 Å². The topological polar surface area (TPSA) is 102 Å². The van der Waals surface area contributed by atoms with Crippen LogP contribution in [-0.2, 0) is 22.5 Å². The lowest BCUT2D eigenvalue weighted by atomic mass is 10.1. The number of halogens is 6. The predicted molar refractivity (Wildman–Crippen MR) is 125 cm³/mol. The molecule has 0 fully saturated rings. The molecule has 0 unspecified atom stereocenters. The Morgan fingerprint density at radius 1 is 0.895 bits per heavy atom. The molecule has 0 amide bonds. The summed E-state index contributed by atoms with van der Waals surface area (Å²) in [4.78, 5) is 12.1. The first-order valence-electron chi connectivity index (χ1n) is 10.5. The van der Waals surface area contributed by atoms with E-state index in [1.807, 2.05) is 0 Å². The monoisotopic (exact) mass is 575 g/mol. The van der Waals surface area contributed by atoms with Crippen LogP contribution in [0.4, 0.5) is 26.3 Å². The van der Waals surface area contributed by atoms with E-state index in [1.54, 1.807) is 0 Å². The first-order valence-corrected chi connectivity index (χ1v) is 12.8. The minimum Gasteiger partial charge on any atom is -0.493 e. The molecule has 4 rings (SSSR count). The molecule has 3 aromatic heterocycles. The van der Waals surface area contributed by atoms with E-state index < -0.39 is 45.3 Å². The van der Waals surface area contributed by atoms with Crippen LogP contribution in [0, 0.1) is 0 Å². The van der Waals surface area contributed by atoms with Gasteiger partial charge in [-0.25, -0.2) is 9.97 Å². The van der Waals surface area contributed by atoms with Crippen molar-refractivity contribution in [2.75, 3.05) is 6.61 Å². The molecular formula is C23H15F6N3O4S2. The Morgan fingerprint density at radius 2 is 1.63 bits per heavy atom. The molecule has 7 nitrogen and oxygen atoms in total. The fourth-order valence-corrected chi connectivity index (χ4v) is 5.00. The van der Waals surface area contributed by atoms with E-state index in [4.69, 9.17) is 4.74 Å². The van der Waals surface area contributed by atoms with E-state index in [0.717, 1.165) is 18.2 Å². The van der Waals surface area contributed by atoms with Gasteiger partial charge in [0.15, 0.2) is 5.82 Å². The minimum atomic E-state index is -4.91. The maximum absolute atomic E-state index is 13.7. The fraction of sp³-hybridized carbons (Fsp3) is 0.174. The van der Waals surface area contributed by atoms with Crippen molar-refractivity contribution in [2.45, 2.75) is 23.5 Å². The molecule has 0 aliphatic carbocycles. The second-order valence-electron chi connectivity index (χ2n) is 7.63. The number of ether oxygens (including phenoxy) is 1. The van der Waals surface area contributed by atoms with Gasteiger partial charge >= 0.3 is 22.5 Å². The number of nitrogens with zero attached hydrogens (tertiary/aromatic N) is 3. The second kappa shape index (κ2) is 9.96. The van der Waals surface area contributed by atoms with Crippen LogP contribution in [0.3, 0.4) is 0 Å². The van der Waals surface area contributed by atoms with Crippen LogP contribution in [0.25, 0.3) is 33.2 Å². The van der Waals surface area contributed by atoms with Crippen LogP contribution in [-0.4, -0.2) is 34.5 Å². The van der Waals surface area contributed by atoms with Crippen molar-refractivity contribution in [1.29, 1.82) is 0 Å². The number of hydrogen-bond acceptors (Lipinski definition) is 7. The van der Waals surface area contributed by atoms with E-state index in [-0.39, 0.29) is 38.2 Å². The quantitative estimate of drug-likeness (QED) is 0.204. The average molecular weight is 576 g/mol. The molecule has 4 aromatic rings. The third-order valence-corrected chi connectivity index (χ3v) is 7.43. The summed E-state index contributed by atoms with van der Waals surface area (Å²) in [5, 5.41) is 0. The molecule has 0 atom stereocenters. The second-order valence-corrected chi connectivity index (χ2v) is 10.4. The zero-order valence-corrected chi connectivity index (χ0v) is 20.6. The lowest BCUT2D eigenvalue weighted by molar-refractivity contribution is -0.141. The molecule has 0 bridgehead atoms. The molecule has 0 aliphatic heterocycles. The largest absolute Gasteiger partial charge is 0.493 e. The Bertz CT molecular complexity index is 1600. The normalized spacial score (nSPS) is 12.5. The number of aromatic nitrogens is 3. The maximum Gasteiger partial charge on any atom is 0.433 e. The summed E-state index contributed by atoms with van der Waals surface area (Å²) in [5.41, 5.74) is -2.56. The Hall–Kier alpha value is -3.56. The number of thiophene rings is 1. The molecule has 200 valence electrons. The average Bonchev–Trinajstić information content (AvgIpc) is 3.34. The van der Waals surface area contributed by atoms with Crippen LogP contribution in [0.15, 0.2) is 58.9 Å². The van der Waals surface area contributed by atoms with Gasteiger partial charge in [-0.1, -0.05) is 6.07 Å². The van der Waals surface area contributed by atoms with Crippen molar-refractivity contribution in [3.63, 3.8) is 0 Å². The van der Waals surface area contributed by atoms with Crippen molar-refractivity contribution in [3.8, 4) is 39.0 Å². The molecule has 1 aromatic carbocycles. The van der Waals surface area contributed by atoms with Gasteiger partial charge in [0.1, 0.15) is 15.7 Å². The van der Waals surface area contributed by atoms with Gasteiger partial charge < -0.3 is 4.74 Å². The molecule has 3 heterocycles. The molecule has 15 heteroatoms. The number of benzene rings is 1. The zero-order chi connectivity index (χ0) is 27.9. The summed E-state index contributed by atoms with van der Waals surface area (Å²) in [7, 11) is -4.47. The predicted octanol–water partition coefficient (Wildman–Crippen LogP) is 6.62. The van der Waals surface area contributed by atoms with E-state index in [0.29, 0.717) is 23.5 Å². The van der Waals surface area contributed by atoms with Gasteiger partial charge in [0.2, 0.25) is 0 Å². The molecule has 0 spiro atoms. The zero-order valence-electron chi connectivity index (χ0n) is 19.0. The van der Waals surface area contributed by atoms with Gasteiger partial charge in [-0.05, 0) is 49.4 Å². The van der Waals surface area contributed by atoms with Gasteiger partial charge in [-0.3, -0.25) is 9.54 Å². The highest BCUT2D eigenvalue weighted by molar-refractivity contribution is 7.88. The Morgan fingerprint density at radius 3 is 2.24 bits per heavy atom. The van der Waals surface area contributed by atoms with Crippen molar-refractivity contribution in [3.05, 3.63) is 66.0 Å². The standard InChI is InChI=1S/C23H15F6N3O4S2/c1-2-36-17-10-12(3-4-14(17)22(24,25)26)15-11-19(23(27,28)29)32-21(31-15)13-7-8-30-16(9-13)18-5-6-20(37-18)38(33,34)35/h3-11H,2H2,1H3,(H,33,34,35). The van der Waals surface area contributed by atoms with Gasteiger partial charge in [-0.2, -0.15) is 34.8 Å².